The highest BCUT2D eigenvalue weighted by molar-refractivity contribution is 5.83. The highest BCUT2D eigenvalue weighted by atomic mass is 16.6. The van der Waals surface area contributed by atoms with E-state index in [-0.39, 0.29) is 18.4 Å². The summed E-state index contributed by atoms with van der Waals surface area (Å²) in [4.78, 5) is 36.2. The molecule has 2 aliphatic rings. The van der Waals surface area contributed by atoms with E-state index in [1.54, 1.807) is 12.4 Å². The van der Waals surface area contributed by atoms with Gasteiger partial charge >= 0.3 is 6.09 Å². The number of hydrogen-bond acceptors (Lipinski definition) is 5. The van der Waals surface area contributed by atoms with E-state index in [1.165, 1.54) is 10.5 Å². The molecule has 0 radical (unpaired) electrons. The third-order valence-electron chi connectivity index (χ3n) is 5.16. The van der Waals surface area contributed by atoms with Crippen LogP contribution in [-0.4, -0.2) is 69.1 Å². The van der Waals surface area contributed by atoms with E-state index in [2.05, 4.69) is 14.5 Å². The lowest BCUT2D eigenvalue weighted by Crippen LogP contribution is -2.45. The number of ether oxygens (including phenoxy) is 1. The molecule has 1 atom stereocenters. The maximum Gasteiger partial charge on any atom is 0.410 e. The quantitative estimate of drug-likeness (QED) is 0.798. The molecule has 8 nitrogen and oxygen atoms in total. The Balaban J connectivity index is 1.42. The highest BCUT2D eigenvalue weighted by Gasteiger charge is 2.30. The standard InChI is InChI=1S/C19H23N5O3/c25-17(14-24-10-11-27-19(24)26)22-8-1-2-16(13-22)18-21-7-9-23(18)12-15-3-5-20-6-4-15/h3-7,9,16H,1-2,8,10-14H2. The Hall–Kier alpha value is -2.90. The Morgan fingerprint density at radius 3 is 2.85 bits per heavy atom. The van der Waals surface area contributed by atoms with E-state index < -0.39 is 6.09 Å². The summed E-state index contributed by atoms with van der Waals surface area (Å²) in [5.41, 5.74) is 1.17. The Morgan fingerprint density at radius 1 is 1.22 bits per heavy atom. The second kappa shape index (κ2) is 7.77. The minimum Gasteiger partial charge on any atom is -0.448 e. The zero-order valence-corrected chi connectivity index (χ0v) is 15.2. The van der Waals surface area contributed by atoms with Crippen LogP contribution < -0.4 is 0 Å². The molecule has 2 fully saturated rings. The molecule has 8 heteroatoms. The number of hydrogen-bond donors (Lipinski definition) is 0. The summed E-state index contributed by atoms with van der Waals surface area (Å²) in [6, 6.07) is 3.99. The van der Waals surface area contributed by atoms with Gasteiger partial charge in [0.2, 0.25) is 5.91 Å². The molecule has 0 bridgehead atoms. The van der Waals surface area contributed by atoms with Gasteiger partial charge in [-0.2, -0.15) is 0 Å². The van der Waals surface area contributed by atoms with Crippen LogP contribution in [0.2, 0.25) is 0 Å². The number of likely N-dealkylation sites (tertiary alicyclic amines) is 1. The van der Waals surface area contributed by atoms with Gasteiger partial charge in [0, 0.05) is 50.3 Å². The predicted molar refractivity (Wildman–Crippen MR) is 97.0 cm³/mol. The van der Waals surface area contributed by atoms with E-state index in [0.717, 1.165) is 31.8 Å². The van der Waals surface area contributed by atoms with E-state index in [4.69, 9.17) is 4.74 Å². The average molecular weight is 369 g/mol. The molecule has 0 aliphatic carbocycles. The van der Waals surface area contributed by atoms with Gasteiger partial charge < -0.3 is 14.2 Å². The normalized spacial score (nSPS) is 20.0. The minimum atomic E-state index is -0.398. The molecule has 142 valence electrons. The van der Waals surface area contributed by atoms with Crippen LogP contribution in [0.3, 0.4) is 0 Å². The molecule has 0 saturated carbocycles. The third kappa shape index (κ3) is 3.94. The summed E-state index contributed by atoms with van der Waals surface area (Å²) in [5.74, 6) is 1.18. The number of rotatable bonds is 5. The molecule has 0 N–H and O–H groups in total. The van der Waals surface area contributed by atoms with Gasteiger partial charge in [-0.05, 0) is 30.5 Å². The molecule has 4 heterocycles. The van der Waals surface area contributed by atoms with Crippen molar-refractivity contribution < 1.29 is 14.3 Å². The maximum absolute atomic E-state index is 12.6. The first-order valence-corrected chi connectivity index (χ1v) is 9.30. The Morgan fingerprint density at radius 2 is 2.07 bits per heavy atom. The molecule has 2 aromatic heterocycles. The van der Waals surface area contributed by atoms with Gasteiger partial charge in [0.25, 0.3) is 0 Å². The fraction of sp³-hybridized carbons (Fsp3) is 0.474. The molecule has 2 aromatic rings. The second-order valence-electron chi connectivity index (χ2n) is 6.98. The molecule has 0 spiro atoms. The van der Waals surface area contributed by atoms with Crippen LogP contribution in [0, 0.1) is 0 Å². The number of piperidine rings is 1. The first-order valence-electron chi connectivity index (χ1n) is 9.30. The number of imidazole rings is 1. The van der Waals surface area contributed by atoms with E-state index in [1.807, 2.05) is 29.4 Å². The van der Waals surface area contributed by atoms with Gasteiger partial charge in [0.15, 0.2) is 0 Å². The first-order chi connectivity index (χ1) is 13.2. The van der Waals surface area contributed by atoms with Crippen molar-refractivity contribution in [1.82, 2.24) is 24.3 Å². The van der Waals surface area contributed by atoms with Crippen LogP contribution >= 0.6 is 0 Å². The van der Waals surface area contributed by atoms with Crippen molar-refractivity contribution in [2.75, 3.05) is 32.8 Å². The summed E-state index contributed by atoms with van der Waals surface area (Å²) in [6.45, 7) is 3.04. The van der Waals surface area contributed by atoms with Crippen molar-refractivity contribution in [2.24, 2.45) is 0 Å². The number of pyridine rings is 1. The molecular weight excluding hydrogens is 346 g/mol. The van der Waals surface area contributed by atoms with Crippen molar-refractivity contribution in [2.45, 2.75) is 25.3 Å². The van der Waals surface area contributed by atoms with Crippen LogP contribution in [0.25, 0.3) is 0 Å². The second-order valence-corrected chi connectivity index (χ2v) is 6.98. The van der Waals surface area contributed by atoms with Crippen LogP contribution in [0.15, 0.2) is 36.9 Å². The first kappa shape index (κ1) is 17.5. The molecule has 2 saturated heterocycles. The van der Waals surface area contributed by atoms with E-state index in [0.29, 0.717) is 19.7 Å². The summed E-state index contributed by atoms with van der Waals surface area (Å²) >= 11 is 0. The van der Waals surface area contributed by atoms with Crippen molar-refractivity contribution >= 4 is 12.0 Å². The van der Waals surface area contributed by atoms with Gasteiger partial charge in [-0.3, -0.25) is 14.7 Å². The van der Waals surface area contributed by atoms with E-state index >= 15 is 0 Å². The zero-order chi connectivity index (χ0) is 18.6. The predicted octanol–water partition coefficient (Wildman–Crippen LogP) is 1.48. The number of aromatic nitrogens is 3. The summed E-state index contributed by atoms with van der Waals surface area (Å²) in [5, 5.41) is 0. The fourth-order valence-electron chi connectivity index (χ4n) is 3.75. The molecular formula is C19H23N5O3. The SMILES string of the molecule is O=C(CN1CCOC1=O)N1CCCC(c2nccn2Cc2ccncc2)C1. The van der Waals surface area contributed by atoms with Crippen LogP contribution in [0.5, 0.6) is 0 Å². The lowest BCUT2D eigenvalue weighted by atomic mass is 9.97. The monoisotopic (exact) mass is 369 g/mol. The maximum atomic E-state index is 12.6. The lowest BCUT2D eigenvalue weighted by molar-refractivity contribution is -0.133. The highest BCUT2D eigenvalue weighted by Crippen LogP contribution is 2.26. The number of nitrogens with zero attached hydrogens (tertiary/aromatic N) is 5. The smallest absolute Gasteiger partial charge is 0.410 e. The fourth-order valence-corrected chi connectivity index (χ4v) is 3.75. The molecule has 4 rings (SSSR count). The van der Waals surface area contributed by atoms with Crippen LogP contribution in [-0.2, 0) is 16.1 Å². The van der Waals surface area contributed by atoms with Crippen molar-refractivity contribution in [3.63, 3.8) is 0 Å². The van der Waals surface area contributed by atoms with Crippen LogP contribution in [0.4, 0.5) is 4.79 Å². The number of carbonyl (C=O) groups is 2. The minimum absolute atomic E-state index is 0.0224. The molecule has 27 heavy (non-hydrogen) atoms. The van der Waals surface area contributed by atoms with Crippen LogP contribution in [0.1, 0.15) is 30.1 Å². The number of amides is 2. The molecule has 0 aromatic carbocycles. The largest absolute Gasteiger partial charge is 0.448 e. The zero-order valence-electron chi connectivity index (χ0n) is 15.2. The molecule has 1 unspecified atom stereocenters. The summed E-state index contributed by atoms with van der Waals surface area (Å²) in [6.07, 6.45) is 8.91. The van der Waals surface area contributed by atoms with Crippen molar-refractivity contribution in [3.8, 4) is 0 Å². The topological polar surface area (TPSA) is 80.6 Å². The summed E-state index contributed by atoms with van der Waals surface area (Å²) in [7, 11) is 0. The summed E-state index contributed by atoms with van der Waals surface area (Å²) < 4.78 is 7.05. The van der Waals surface area contributed by atoms with Gasteiger partial charge in [0.05, 0.1) is 6.54 Å². The Bertz CT molecular complexity index is 807. The molecule has 2 amide bonds. The van der Waals surface area contributed by atoms with Crippen molar-refractivity contribution in [3.05, 3.63) is 48.3 Å². The van der Waals surface area contributed by atoms with Gasteiger partial charge in [-0.1, -0.05) is 0 Å². The number of carbonyl (C=O) groups excluding carboxylic acids is 2. The lowest BCUT2D eigenvalue weighted by Gasteiger charge is -2.33. The average Bonchev–Trinajstić information content (AvgIpc) is 3.32. The Kier molecular flexibility index (Phi) is 5.04. The van der Waals surface area contributed by atoms with Gasteiger partial charge in [0.1, 0.15) is 19.0 Å². The molecule has 2 aliphatic heterocycles. The Labute approximate surface area is 157 Å². The van der Waals surface area contributed by atoms with E-state index in [9.17, 15) is 9.59 Å². The van der Waals surface area contributed by atoms with Crippen molar-refractivity contribution in [1.29, 1.82) is 0 Å². The number of cyclic esters (lactones) is 1. The third-order valence-corrected chi connectivity index (χ3v) is 5.16. The van der Waals surface area contributed by atoms with Gasteiger partial charge in [-0.15, -0.1) is 0 Å². The van der Waals surface area contributed by atoms with Gasteiger partial charge in [-0.25, -0.2) is 9.78 Å².